The van der Waals surface area contributed by atoms with Crippen molar-refractivity contribution < 1.29 is 4.74 Å². The summed E-state index contributed by atoms with van der Waals surface area (Å²) in [6, 6.07) is 0.110. The Kier molecular flexibility index (Phi) is 3.31. The second-order valence-corrected chi connectivity index (χ2v) is 5.48. The van der Waals surface area contributed by atoms with E-state index in [1.54, 1.807) is 7.11 Å². The molecule has 1 heterocycles. The number of aryl methyl sites for hydroxylation is 1. The average Bonchev–Trinajstić information content (AvgIpc) is 3.20. The fraction of sp³-hybridized carbons (Fsp3) is 0.714. The molecule has 18 heavy (non-hydrogen) atoms. The quantitative estimate of drug-likeness (QED) is 0.833. The van der Waals surface area contributed by atoms with Gasteiger partial charge in [-0.05, 0) is 38.0 Å². The lowest BCUT2D eigenvalue weighted by Gasteiger charge is -2.16. The first-order chi connectivity index (χ1) is 8.79. The summed E-state index contributed by atoms with van der Waals surface area (Å²) < 4.78 is 5.55. The third-order valence-corrected chi connectivity index (χ3v) is 4.06. The molecule has 0 spiro atoms. The summed E-state index contributed by atoms with van der Waals surface area (Å²) in [6.07, 6.45) is 8.92. The highest BCUT2D eigenvalue weighted by Gasteiger charge is 2.34. The van der Waals surface area contributed by atoms with Gasteiger partial charge in [0.1, 0.15) is 6.10 Å². The number of ether oxygens (including phenoxy) is 1. The van der Waals surface area contributed by atoms with Crippen molar-refractivity contribution in [2.75, 3.05) is 7.11 Å². The predicted octanol–water partition coefficient (Wildman–Crippen LogP) is 2.30. The zero-order chi connectivity index (χ0) is 12.5. The number of fused-ring (bicyclic) bond motifs is 1. The van der Waals surface area contributed by atoms with E-state index >= 15 is 0 Å². The standard InChI is InChI=1S/C14H21N3O/c1-18-13(9-6-7-9)14-16-8-10-11(15)4-2-3-5-12(10)17-14/h8-9,11,13H,2-7,15H2,1H3. The fourth-order valence-corrected chi connectivity index (χ4v) is 2.81. The molecule has 0 saturated heterocycles. The van der Waals surface area contributed by atoms with Crippen molar-refractivity contribution in [2.24, 2.45) is 11.7 Å². The number of methoxy groups -OCH3 is 1. The Labute approximate surface area is 108 Å². The first-order valence-corrected chi connectivity index (χ1v) is 6.93. The molecular weight excluding hydrogens is 226 g/mol. The van der Waals surface area contributed by atoms with E-state index in [9.17, 15) is 0 Å². The minimum absolute atomic E-state index is 0.0785. The van der Waals surface area contributed by atoms with E-state index in [1.807, 2.05) is 6.20 Å². The molecule has 98 valence electrons. The lowest BCUT2D eigenvalue weighted by Crippen LogP contribution is -2.15. The maximum atomic E-state index is 6.17. The average molecular weight is 247 g/mol. The molecule has 1 saturated carbocycles. The molecule has 2 aliphatic carbocycles. The topological polar surface area (TPSA) is 61.0 Å². The highest BCUT2D eigenvalue weighted by Crippen LogP contribution is 2.42. The van der Waals surface area contributed by atoms with Gasteiger partial charge in [0.05, 0.1) is 0 Å². The Morgan fingerprint density at radius 1 is 1.33 bits per heavy atom. The van der Waals surface area contributed by atoms with Crippen LogP contribution in [0.25, 0.3) is 0 Å². The second kappa shape index (κ2) is 4.94. The highest BCUT2D eigenvalue weighted by molar-refractivity contribution is 5.23. The lowest BCUT2D eigenvalue weighted by atomic mass is 10.1. The SMILES string of the molecule is COC(c1ncc2c(n1)CCCCC2N)C1CC1. The summed E-state index contributed by atoms with van der Waals surface area (Å²) in [5.74, 6) is 1.47. The molecule has 2 unspecified atom stereocenters. The molecule has 1 fully saturated rings. The van der Waals surface area contributed by atoms with Crippen LogP contribution in [-0.4, -0.2) is 17.1 Å². The minimum atomic E-state index is 0.0785. The molecule has 3 rings (SSSR count). The van der Waals surface area contributed by atoms with Crippen molar-refractivity contribution in [1.82, 2.24) is 9.97 Å². The van der Waals surface area contributed by atoms with Gasteiger partial charge in [-0.25, -0.2) is 9.97 Å². The van der Waals surface area contributed by atoms with Gasteiger partial charge in [0.25, 0.3) is 0 Å². The van der Waals surface area contributed by atoms with Gasteiger partial charge in [-0.3, -0.25) is 0 Å². The maximum absolute atomic E-state index is 6.17. The van der Waals surface area contributed by atoms with Gasteiger partial charge in [-0.2, -0.15) is 0 Å². The largest absolute Gasteiger partial charge is 0.373 e. The zero-order valence-electron chi connectivity index (χ0n) is 10.9. The Hall–Kier alpha value is -1.00. The molecule has 4 heteroatoms. The van der Waals surface area contributed by atoms with Crippen LogP contribution in [0.5, 0.6) is 0 Å². The van der Waals surface area contributed by atoms with E-state index in [1.165, 1.54) is 25.7 Å². The van der Waals surface area contributed by atoms with E-state index in [-0.39, 0.29) is 12.1 Å². The first kappa shape index (κ1) is 12.1. The number of hydrogen-bond donors (Lipinski definition) is 1. The molecule has 0 aliphatic heterocycles. The van der Waals surface area contributed by atoms with Crippen LogP contribution in [-0.2, 0) is 11.2 Å². The van der Waals surface area contributed by atoms with E-state index < -0.39 is 0 Å². The number of nitrogens with two attached hydrogens (primary N) is 1. The van der Waals surface area contributed by atoms with E-state index in [2.05, 4.69) is 4.98 Å². The highest BCUT2D eigenvalue weighted by atomic mass is 16.5. The van der Waals surface area contributed by atoms with E-state index in [4.69, 9.17) is 15.5 Å². The van der Waals surface area contributed by atoms with Crippen LogP contribution in [0, 0.1) is 5.92 Å². The Morgan fingerprint density at radius 2 is 2.17 bits per heavy atom. The van der Waals surface area contributed by atoms with Crippen molar-refractivity contribution in [2.45, 2.75) is 50.7 Å². The number of rotatable bonds is 3. The molecule has 1 aromatic heterocycles. The molecule has 0 bridgehead atoms. The lowest BCUT2D eigenvalue weighted by molar-refractivity contribution is 0.0769. The summed E-state index contributed by atoms with van der Waals surface area (Å²) in [5.41, 5.74) is 8.45. The van der Waals surface area contributed by atoms with Gasteiger partial charge in [0.2, 0.25) is 0 Å². The van der Waals surface area contributed by atoms with Crippen LogP contribution in [0.15, 0.2) is 6.20 Å². The smallest absolute Gasteiger partial charge is 0.157 e. The van der Waals surface area contributed by atoms with Crippen LogP contribution in [0.4, 0.5) is 0 Å². The van der Waals surface area contributed by atoms with Crippen molar-refractivity contribution in [1.29, 1.82) is 0 Å². The molecular formula is C14H21N3O. The van der Waals surface area contributed by atoms with Crippen LogP contribution in [0.2, 0.25) is 0 Å². The second-order valence-electron chi connectivity index (χ2n) is 5.48. The third-order valence-electron chi connectivity index (χ3n) is 4.06. The van der Waals surface area contributed by atoms with Crippen molar-refractivity contribution >= 4 is 0 Å². The Morgan fingerprint density at radius 3 is 2.89 bits per heavy atom. The van der Waals surface area contributed by atoms with Gasteiger partial charge in [-0.1, -0.05) is 6.42 Å². The third kappa shape index (κ3) is 2.27. The van der Waals surface area contributed by atoms with Gasteiger partial charge < -0.3 is 10.5 Å². The first-order valence-electron chi connectivity index (χ1n) is 6.93. The Balaban J connectivity index is 1.91. The summed E-state index contributed by atoms with van der Waals surface area (Å²) in [5, 5.41) is 0. The maximum Gasteiger partial charge on any atom is 0.157 e. The van der Waals surface area contributed by atoms with Gasteiger partial charge in [0.15, 0.2) is 5.82 Å². The van der Waals surface area contributed by atoms with Gasteiger partial charge >= 0.3 is 0 Å². The molecule has 2 N–H and O–H groups in total. The molecule has 0 radical (unpaired) electrons. The number of aromatic nitrogens is 2. The zero-order valence-corrected chi connectivity index (χ0v) is 10.9. The summed E-state index contributed by atoms with van der Waals surface area (Å²) in [7, 11) is 1.75. The minimum Gasteiger partial charge on any atom is -0.373 e. The molecule has 1 aromatic rings. The normalized spacial score (nSPS) is 25.3. The Bertz CT molecular complexity index is 431. The number of hydrogen-bond acceptors (Lipinski definition) is 4. The predicted molar refractivity (Wildman–Crippen MR) is 69.0 cm³/mol. The molecule has 2 aliphatic rings. The van der Waals surface area contributed by atoms with E-state index in [0.717, 1.165) is 29.9 Å². The summed E-state index contributed by atoms with van der Waals surface area (Å²) in [4.78, 5) is 9.24. The van der Waals surface area contributed by atoms with E-state index in [0.29, 0.717) is 5.92 Å². The van der Waals surface area contributed by atoms with Crippen LogP contribution in [0.1, 0.15) is 61.3 Å². The molecule has 4 nitrogen and oxygen atoms in total. The number of nitrogens with zero attached hydrogens (tertiary/aromatic N) is 2. The van der Waals surface area contributed by atoms with Crippen molar-refractivity contribution in [3.8, 4) is 0 Å². The van der Waals surface area contributed by atoms with Crippen molar-refractivity contribution in [3.05, 3.63) is 23.3 Å². The van der Waals surface area contributed by atoms with Gasteiger partial charge in [0, 0.05) is 30.6 Å². The fourth-order valence-electron chi connectivity index (χ4n) is 2.81. The van der Waals surface area contributed by atoms with Gasteiger partial charge in [-0.15, -0.1) is 0 Å². The molecule has 0 amide bonds. The van der Waals surface area contributed by atoms with Crippen molar-refractivity contribution in [3.63, 3.8) is 0 Å². The van der Waals surface area contributed by atoms with Crippen LogP contribution >= 0.6 is 0 Å². The van der Waals surface area contributed by atoms with Crippen LogP contribution < -0.4 is 5.73 Å². The monoisotopic (exact) mass is 247 g/mol. The molecule has 0 aromatic carbocycles. The summed E-state index contributed by atoms with van der Waals surface area (Å²) >= 11 is 0. The summed E-state index contributed by atoms with van der Waals surface area (Å²) in [6.45, 7) is 0. The van der Waals surface area contributed by atoms with Crippen LogP contribution in [0.3, 0.4) is 0 Å². The molecule has 2 atom stereocenters.